The minimum Gasteiger partial charge on any atom is -0.494 e. The lowest BCUT2D eigenvalue weighted by Crippen LogP contribution is -2.41. The number of aromatic nitrogens is 2. The van der Waals surface area contributed by atoms with Crippen LogP contribution in [-0.2, 0) is 20.9 Å². The molecule has 0 saturated carbocycles. The molecule has 3 aromatic heterocycles. The van der Waals surface area contributed by atoms with Crippen LogP contribution in [0.4, 0.5) is 13.2 Å². The molecule has 10 nitrogen and oxygen atoms in total. The van der Waals surface area contributed by atoms with Gasteiger partial charge in [0.15, 0.2) is 12.4 Å². The van der Waals surface area contributed by atoms with Gasteiger partial charge in [0.2, 0.25) is 0 Å². The van der Waals surface area contributed by atoms with E-state index in [0.29, 0.717) is 22.3 Å². The van der Waals surface area contributed by atoms with Crippen LogP contribution >= 0.6 is 11.3 Å². The average Bonchev–Trinajstić information content (AvgIpc) is 3.58. The number of benzene rings is 1. The summed E-state index contributed by atoms with van der Waals surface area (Å²) >= 11 is 1.13. The van der Waals surface area contributed by atoms with Gasteiger partial charge in [0.25, 0.3) is 17.4 Å². The monoisotopic (exact) mass is 588 g/mol. The third-order valence-electron chi connectivity index (χ3n) is 6.61. The Bertz CT molecular complexity index is 1700. The zero-order valence-corrected chi connectivity index (χ0v) is 22.4. The Hall–Kier alpha value is -4.46. The van der Waals surface area contributed by atoms with Crippen LogP contribution in [0.25, 0.3) is 21.0 Å². The van der Waals surface area contributed by atoms with Crippen molar-refractivity contribution in [3.05, 3.63) is 69.6 Å². The molecule has 1 aliphatic heterocycles. The van der Waals surface area contributed by atoms with Gasteiger partial charge < -0.3 is 24.3 Å². The Morgan fingerprint density at radius 2 is 1.90 bits per heavy atom. The van der Waals surface area contributed by atoms with E-state index in [9.17, 15) is 32.3 Å². The lowest BCUT2D eigenvalue weighted by atomic mass is 10.1. The second kappa shape index (κ2) is 11.2. The summed E-state index contributed by atoms with van der Waals surface area (Å²) < 4.78 is 48.7. The van der Waals surface area contributed by atoms with Gasteiger partial charge in [-0.25, -0.2) is 4.79 Å². The number of rotatable bonds is 7. The van der Waals surface area contributed by atoms with Crippen molar-refractivity contribution in [1.82, 2.24) is 19.8 Å². The van der Waals surface area contributed by atoms with Crippen LogP contribution in [0.2, 0.25) is 0 Å². The fourth-order valence-electron chi connectivity index (χ4n) is 4.78. The second-order valence-electron chi connectivity index (χ2n) is 9.28. The molecule has 1 N–H and O–H groups in total. The first-order chi connectivity index (χ1) is 19.6. The van der Waals surface area contributed by atoms with Gasteiger partial charge in [-0.15, -0.1) is 11.3 Å². The Labute approximate surface area is 234 Å². The summed E-state index contributed by atoms with van der Waals surface area (Å²) in [4.78, 5) is 56.3. The van der Waals surface area contributed by atoms with Gasteiger partial charge in [-0.2, -0.15) is 13.2 Å². The number of likely N-dealkylation sites (tertiary alicyclic amines) is 1. The molecule has 1 unspecified atom stereocenters. The molecule has 214 valence electrons. The van der Waals surface area contributed by atoms with Crippen molar-refractivity contribution in [2.75, 3.05) is 26.8 Å². The van der Waals surface area contributed by atoms with Crippen molar-refractivity contribution >= 4 is 50.1 Å². The van der Waals surface area contributed by atoms with Crippen molar-refractivity contribution < 1.29 is 37.0 Å². The molecule has 1 fully saturated rings. The Morgan fingerprint density at radius 3 is 2.61 bits per heavy atom. The van der Waals surface area contributed by atoms with Crippen LogP contribution in [0.3, 0.4) is 0 Å². The highest BCUT2D eigenvalue weighted by Crippen LogP contribution is 2.40. The normalized spacial score (nSPS) is 15.3. The molecule has 4 heterocycles. The molecule has 0 radical (unpaired) electrons. The molecule has 1 aromatic carbocycles. The third kappa shape index (κ3) is 5.59. The number of carbonyl (C=O) groups excluding carboxylic acids is 3. The Morgan fingerprint density at radius 1 is 1.15 bits per heavy atom. The van der Waals surface area contributed by atoms with Crippen LogP contribution in [0.1, 0.15) is 21.8 Å². The van der Waals surface area contributed by atoms with E-state index < -0.39 is 36.6 Å². The largest absolute Gasteiger partial charge is 0.494 e. The van der Waals surface area contributed by atoms with Crippen molar-refractivity contribution in [3.8, 4) is 5.75 Å². The van der Waals surface area contributed by atoms with Crippen molar-refractivity contribution in [1.29, 1.82) is 0 Å². The molecule has 0 bridgehead atoms. The first-order valence-corrected chi connectivity index (χ1v) is 13.2. The molecule has 5 rings (SSSR count). The van der Waals surface area contributed by atoms with Crippen LogP contribution in [-0.4, -0.2) is 71.3 Å². The quantitative estimate of drug-likeness (QED) is 0.330. The number of nitrogens with one attached hydrogen (secondary N) is 1. The molecule has 0 spiro atoms. The molecule has 1 atom stereocenters. The number of methoxy groups -OCH3 is 1. The standard InChI is InChI=1S/C27H23F3N4O6S/c1-39-21-20-22(17-7-2-3-8-18(17)34(24(20)36)13-15-6-4-5-10-31-15)41-23(21)25(37)33-11-9-16(12-33)32-19(35)14-40-26(38)27(28,29)30/h2-8,10,16H,9,11-14H2,1H3,(H,32,35). The fourth-order valence-corrected chi connectivity index (χ4v) is 6.04. The molecule has 1 aliphatic rings. The highest BCUT2D eigenvalue weighted by Gasteiger charge is 2.41. The number of para-hydroxylation sites is 1. The maximum atomic E-state index is 13.8. The predicted octanol–water partition coefficient (Wildman–Crippen LogP) is 3.10. The summed E-state index contributed by atoms with van der Waals surface area (Å²) in [5, 5.41) is 3.51. The van der Waals surface area contributed by atoms with E-state index in [4.69, 9.17) is 4.74 Å². The number of carbonyl (C=O) groups is 3. The van der Waals surface area contributed by atoms with E-state index in [0.717, 1.165) is 16.7 Å². The zero-order valence-electron chi connectivity index (χ0n) is 21.6. The molecule has 41 heavy (non-hydrogen) atoms. The van der Waals surface area contributed by atoms with Crippen LogP contribution < -0.4 is 15.6 Å². The van der Waals surface area contributed by atoms with Crippen LogP contribution in [0, 0.1) is 0 Å². The maximum Gasteiger partial charge on any atom is 0.490 e. The highest BCUT2D eigenvalue weighted by atomic mass is 32.1. The van der Waals surface area contributed by atoms with Gasteiger partial charge in [-0.05, 0) is 24.6 Å². The molecular weight excluding hydrogens is 565 g/mol. The van der Waals surface area contributed by atoms with Crippen LogP contribution in [0.15, 0.2) is 53.5 Å². The smallest absolute Gasteiger partial charge is 0.490 e. The predicted molar refractivity (Wildman–Crippen MR) is 143 cm³/mol. The molecule has 14 heteroatoms. The van der Waals surface area contributed by atoms with Gasteiger partial charge in [0, 0.05) is 30.7 Å². The SMILES string of the molecule is COc1c(C(=O)N2CCC(NC(=O)COC(=O)C(F)(F)F)C2)sc2c1c(=O)n(Cc1ccccn1)c1ccccc21. The number of halogens is 3. The number of pyridine rings is 2. The first-order valence-electron chi connectivity index (χ1n) is 12.4. The minimum atomic E-state index is -5.20. The number of alkyl halides is 3. The average molecular weight is 589 g/mol. The minimum absolute atomic E-state index is 0.0693. The number of ether oxygens (including phenoxy) is 2. The van der Waals surface area contributed by atoms with Crippen molar-refractivity contribution in [2.45, 2.75) is 25.2 Å². The molecule has 1 saturated heterocycles. The molecule has 2 amide bonds. The number of fused-ring (bicyclic) bond motifs is 3. The van der Waals surface area contributed by atoms with Crippen molar-refractivity contribution in [2.24, 2.45) is 0 Å². The molecular formula is C27H23F3N4O6S. The topological polar surface area (TPSA) is 120 Å². The summed E-state index contributed by atoms with van der Waals surface area (Å²) in [6.07, 6.45) is -3.23. The van der Waals surface area contributed by atoms with E-state index in [2.05, 4.69) is 15.0 Å². The summed E-state index contributed by atoms with van der Waals surface area (Å²) in [5.74, 6) is -3.64. The van der Waals surface area contributed by atoms with Crippen LogP contribution in [0.5, 0.6) is 5.75 Å². The lowest BCUT2D eigenvalue weighted by molar-refractivity contribution is -0.200. The van der Waals surface area contributed by atoms with Crippen molar-refractivity contribution in [3.63, 3.8) is 0 Å². The lowest BCUT2D eigenvalue weighted by Gasteiger charge is -2.17. The summed E-state index contributed by atoms with van der Waals surface area (Å²) in [6, 6.07) is 12.2. The summed E-state index contributed by atoms with van der Waals surface area (Å²) in [7, 11) is 1.38. The Balaban J connectivity index is 1.41. The van der Waals surface area contributed by atoms with Gasteiger partial charge >= 0.3 is 12.1 Å². The second-order valence-corrected chi connectivity index (χ2v) is 10.3. The number of nitrogens with zero attached hydrogens (tertiary/aromatic N) is 3. The Kier molecular flexibility index (Phi) is 7.67. The van der Waals surface area contributed by atoms with E-state index in [1.54, 1.807) is 16.8 Å². The number of amides is 2. The van der Waals surface area contributed by atoms with E-state index in [-0.39, 0.29) is 41.2 Å². The highest BCUT2D eigenvalue weighted by molar-refractivity contribution is 7.22. The van der Waals surface area contributed by atoms with Gasteiger partial charge in [-0.1, -0.05) is 24.3 Å². The summed E-state index contributed by atoms with van der Waals surface area (Å²) in [5.41, 5.74) is 1.02. The van der Waals surface area contributed by atoms with E-state index in [1.807, 2.05) is 36.4 Å². The van der Waals surface area contributed by atoms with E-state index >= 15 is 0 Å². The number of thiophene rings is 1. The third-order valence-corrected chi connectivity index (χ3v) is 7.81. The zero-order chi connectivity index (χ0) is 29.3. The van der Waals surface area contributed by atoms with Gasteiger partial charge in [0.1, 0.15) is 10.3 Å². The number of hydrogen-bond donors (Lipinski definition) is 1. The number of esters is 1. The van der Waals surface area contributed by atoms with Gasteiger partial charge in [0.05, 0.1) is 29.6 Å². The first kappa shape index (κ1) is 28.1. The van der Waals surface area contributed by atoms with Gasteiger partial charge in [-0.3, -0.25) is 19.4 Å². The molecule has 0 aliphatic carbocycles. The summed E-state index contributed by atoms with van der Waals surface area (Å²) in [6.45, 7) is -0.566. The van der Waals surface area contributed by atoms with E-state index in [1.165, 1.54) is 12.0 Å². The molecule has 4 aromatic rings. The maximum absolute atomic E-state index is 13.8. The fraction of sp³-hybridized carbons (Fsp3) is 0.296. The number of hydrogen-bond acceptors (Lipinski definition) is 8.